The van der Waals surface area contributed by atoms with Crippen LogP contribution in [0.5, 0.6) is 0 Å². The van der Waals surface area contributed by atoms with Crippen molar-refractivity contribution >= 4 is 15.9 Å². The van der Waals surface area contributed by atoms with Gasteiger partial charge >= 0.3 is 0 Å². The second-order valence-electron chi connectivity index (χ2n) is 3.48. The molecule has 2 unspecified atom stereocenters. The molecule has 2 nitrogen and oxygen atoms in total. The maximum atomic E-state index is 8.57. The molecular weight excluding hydrogens is 232 g/mol. The summed E-state index contributed by atoms with van der Waals surface area (Å²) in [5.41, 5.74) is 1.36. The highest BCUT2D eigenvalue weighted by Crippen LogP contribution is 2.46. The van der Waals surface area contributed by atoms with Crippen LogP contribution >= 0.6 is 15.9 Å². The van der Waals surface area contributed by atoms with E-state index in [1.165, 1.54) is 16.5 Å². The Balaban J connectivity index is 1.92. The molecule has 0 spiro atoms. The van der Waals surface area contributed by atoms with Crippen molar-refractivity contribution in [3.63, 3.8) is 0 Å². The van der Waals surface area contributed by atoms with Gasteiger partial charge in [0, 0.05) is 16.3 Å². The topological polar surface area (TPSA) is 29.5 Å². The van der Waals surface area contributed by atoms with Gasteiger partial charge < -0.3 is 9.84 Å². The SMILES string of the molecule is OCCOCC1=C(Br)C2C=CC1C2. The van der Waals surface area contributed by atoms with E-state index >= 15 is 0 Å². The van der Waals surface area contributed by atoms with Crippen LogP contribution in [0.2, 0.25) is 0 Å². The molecule has 0 aromatic heterocycles. The van der Waals surface area contributed by atoms with Gasteiger partial charge in [0.05, 0.1) is 19.8 Å². The van der Waals surface area contributed by atoms with Gasteiger partial charge in [0.1, 0.15) is 0 Å². The number of aliphatic hydroxyl groups excluding tert-OH is 1. The molecule has 0 aliphatic heterocycles. The first kappa shape index (κ1) is 9.44. The Morgan fingerprint density at radius 3 is 2.85 bits per heavy atom. The Labute approximate surface area is 86.4 Å². The molecule has 0 saturated carbocycles. The van der Waals surface area contributed by atoms with E-state index in [4.69, 9.17) is 9.84 Å². The van der Waals surface area contributed by atoms with Crippen molar-refractivity contribution in [1.82, 2.24) is 0 Å². The third kappa shape index (κ3) is 1.73. The van der Waals surface area contributed by atoms with Crippen molar-refractivity contribution < 1.29 is 9.84 Å². The highest BCUT2D eigenvalue weighted by molar-refractivity contribution is 9.11. The average Bonchev–Trinajstić information content (AvgIpc) is 2.69. The molecule has 13 heavy (non-hydrogen) atoms. The summed E-state index contributed by atoms with van der Waals surface area (Å²) >= 11 is 3.60. The average molecular weight is 245 g/mol. The molecule has 1 N–H and O–H groups in total. The number of aliphatic hydroxyl groups is 1. The van der Waals surface area contributed by atoms with Gasteiger partial charge in [-0.3, -0.25) is 0 Å². The van der Waals surface area contributed by atoms with Crippen molar-refractivity contribution in [2.24, 2.45) is 11.8 Å². The highest BCUT2D eigenvalue weighted by atomic mass is 79.9. The molecule has 0 aromatic carbocycles. The van der Waals surface area contributed by atoms with E-state index in [1.807, 2.05) is 0 Å². The fraction of sp³-hybridized carbons (Fsp3) is 0.600. The van der Waals surface area contributed by atoms with Gasteiger partial charge in [0.25, 0.3) is 0 Å². The van der Waals surface area contributed by atoms with Crippen LogP contribution in [0.15, 0.2) is 22.2 Å². The Hall–Kier alpha value is -0.120. The van der Waals surface area contributed by atoms with Crippen LogP contribution in [-0.2, 0) is 4.74 Å². The van der Waals surface area contributed by atoms with Gasteiger partial charge in [-0.05, 0) is 12.0 Å². The first-order valence-corrected chi connectivity index (χ1v) is 5.37. The van der Waals surface area contributed by atoms with E-state index in [2.05, 4.69) is 28.1 Å². The monoisotopic (exact) mass is 244 g/mol. The summed E-state index contributed by atoms with van der Waals surface area (Å²) < 4.78 is 6.62. The largest absolute Gasteiger partial charge is 0.394 e. The lowest BCUT2D eigenvalue weighted by Crippen LogP contribution is -2.07. The zero-order chi connectivity index (χ0) is 9.26. The van der Waals surface area contributed by atoms with Crippen LogP contribution in [0, 0.1) is 11.8 Å². The minimum Gasteiger partial charge on any atom is -0.394 e. The van der Waals surface area contributed by atoms with Gasteiger partial charge in [-0.2, -0.15) is 0 Å². The maximum absolute atomic E-state index is 8.57. The van der Waals surface area contributed by atoms with E-state index in [9.17, 15) is 0 Å². The molecule has 2 rings (SSSR count). The molecule has 2 aliphatic carbocycles. The summed E-state index contributed by atoms with van der Waals surface area (Å²) in [6.07, 6.45) is 5.72. The summed E-state index contributed by atoms with van der Waals surface area (Å²) in [4.78, 5) is 0. The van der Waals surface area contributed by atoms with Gasteiger partial charge in [-0.1, -0.05) is 28.1 Å². The molecule has 0 saturated heterocycles. The van der Waals surface area contributed by atoms with Gasteiger partial charge in [0.15, 0.2) is 0 Å². The minimum absolute atomic E-state index is 0.106. The lowest BCUT2D eigenvalue weighted by Gasteiger charge is -2.11. The zero-order valence-corrected chi connectivity index (χ0v) is 8.96. The molecule has 0 heterocycles. The number of hydrogen-bond acceptors (Lipinski definition) is 2. The van der Waals surface area contributed by atoms with Crippen LogP contribution in [0.25, 0.3) is 0 Å². The standard InChI is InChI=1S/C10H13BrO2/c11-10-8-2-1-7(5-8)9(10)6-13-4-3-12/h1-2,7-8,12H,3-6H2. The second kappa shape index (κ2) is 3.95. The number of ether oxygens (including phenoxy) is 1. The lowest BCUT2D eigenvalue weighted by atomic mass is 10.0. The van der Waals surface area contributed by atoms with E-state index in [-0.39, 0.29) is 6.61 Å². The van der Waals surface area contributed by atoms with E-state index in [0.717, 1.165) is 0 Å². The quantitative estimate of drug-likeness (QED) is 0.605. The smallest absolute Gasteiger partial charge is 0.0702 e. The fourth-order valence-electron chi connectivity index (χ4n) is 1.98. The summed E-state index contributed by atoms with van der Waals surface area (Å²) in [6, 6.07) is 0. The Kier molecular flexibility index (Phi) is 2.86. The predicted molar refractivity (Wildman–Crippen MR) is 54.6 cm³/mol. The van der Waals surface area contributed by atoms with Crippen molar-refractivity contribution in [2.75, 3.05) is 19.8 Å². The molecule has 3 heteroatoms. The Morgan fingerprint density at radius 1 is 1.46 bits per heavy atom. The van der Waals surface area contributed by atoms with Gasteiger partial charge in [0.2, 0.25) is 0 Å². The van der Waals surface area contributed by atoms with E-state index < -0.39 is 0 Å². The molecule has 72 valence electrons. The van der Waals surface area contributed by atoms with Crippen LogP contribution in [0.3, 0.4) is 0 Å². The maximum Gasteiger partial charge on any atom is 0.0702 e. The summed E-state index contributed by atoms with van der Waals surface area (Å²) in [6.45, 7) is 1.20. The van der Waals surface area contributed by atoms with Crippen LogP contribution < -0.4 is 0 Å². The first-order chi connectivity index (χ1) is 6.33. The Morgan fingerprint density at radius 2 is 2.23 bits per heavy atom. The minimum atomic E-state index is 0.106. The number of fused-ring (bicyclic) bond motifs is 2. The van der Waals surface area contributed by atoms with Gasteiger partial charge in [-0.25, -0.2) is 0 Å². The number of hydrogen-bond donors (Lipinski definition) is 1. The molecule has 0 aromatic rings. The molecular formula is C10H13BrO2. The molecule has 2 aliphatic rings. The molecule has 2 atom stereocenters. The Bertz CT molecular complexity index is 258. The van der Waals surface area contributed by atoms with Crippen LogP contribution in [-0.4, -0.2) is 24.9 Å². The van der Waals surface area contributed by atoms with E-state index in [0.29, 0.717) is 25.0 Å². The second-order valence-corrected chi connectivity index (χ2v) is 4.34. The third-order valence-corrected chi connectivity index (χ3v) is 3.75. The molecule has 0 radical (unpaired) electrons. The van der Waals surface area contributed by atoms with Gasteiger partial charge in [-0.15, -0.1) is 0 Å². The first-order valence-electron chi connectivity index (χ1n) is 4.58. The zero-order valence-electron chi connectivity index (χ0n) is 7.37. The fourth-order valence-corrected chi connectivity index (χ4v) is 2.73. The molecule has 2 bridgehead atoms. The van der Waals surface area contributed by atoms with Crippen LogP contribution in [0.4, 0.5) is 0 Å². The highest BCUT2D eigenvalue weighted by Gasteiger charge is 2.33. The normalized spacial score (nSPS) is 30.6. The third-order valence-electron chi connectivity index (χ3n) is 2.66. The van der Waals surface area contributed by atoms with Crippen molar-refractivity contribution in [2.45, 2.75) is 6.42 Å². The summed E-state index contributed by atoms with van der Waals surface area (Å²) in [7, 11) is 0. The predicted octanol–water partition coefficient (Wildman–Crippen LogP) is 1.85. The number of allylic oxidation sites excluding steroid dienone is 3. The van der Waals surface area contributed by atoms with Crippen molar-refractivity contribution in [1.29, 1.82) is 0 Å². The molecule has 0 amide bonds. The number of halogens is 1. The number of rotatable bonds is 4. The van der Waals surface area contributed by atoms with Crippen molar-refractivity contribution in [3.8, 4) is 0 Å². The summed E-state index contributed by atoms with van der Waals surface area (Å²) in [5, 5.41) is 8.57. The van der Waals surface area contributed by atoms with Crippen molar-refractivity contribution in [3.05, 3.63) is 22.2 Å². The molecule has 0 fully saturated rings. The van der Waals surface area contributed by atoms with Crippen LogP contribution in [0.1, 0.15) is 6.42 Å². The van der Waals surface area contributed by atoms with E-state index in [1.54, 1.807) is 0 Å². The summed E-state index contributed by atoms with van der Waals surface area (Å²) in [5.74, 6) is 1.18. The lowest BCUT2D eigenvalue weighted by molar-refractivity contribution is 0.105.